The minimum absolute atomic E-state index is 0.121. The van der Waals surface area contributed by atoms with Crippen LogP contribution in [0.1, 0.15) is 36.6 Å². The molecule has 3 N–H and O–H groups in total. The van der Waals surface area contributed by atoms with Gasteiger partial charge in [0.2, 0.25) is 11.8 Å². The van der Waals surface area contributed by atoms with Gasteiger partial charge < -0.3 is 15.0 Å². The van der Waals surface area contributed by atoms with E-state index in [0.29, 0.717) is 11.5 Å². The molecule has 3 heterocycles. The molecular weight excluding hydrogens is 362 g/mol. The van der Waals surface area contributed by atoms with Crippen molar-refractivity contribution in [2.24, 2.45) is 5.73 Å². The molecule has 6 heteroatoms. The second-order valence-electron chi connectivity index (χ2n) is 7.24. The highest BCUT2D eigenvalue weighted by Gasteiger charge is 2.35. The molecule has 0 amide bonds. The number of aromatic amines is 1. The predicted octanol–water partition coefficient (Wildman–Crippen LogP) is 4.32. The van der Waals surface area contributed by atoms with E-state index in [-0.39, 0.29) is 11.8 Å². The number of para-hydroxylation sites is 1. The van der Waals surface area contributed by atoms with Crippen LogP contribution >= 0.6 is 0 Å². The molecule has 1 aliphatic heterocycles. The number of nitrogens with zero attached hydrogens (tertiary/aromatic N) is 3. The number of rotatable bonds is 3. The Hall–Kier alpha value is -3.72. The Balaban J connectivity index is 1.80. The van der Waals surface area contributed by atoms with Crippen molar-refractivity contribution in [1.82, 2.24) is 14.8 Å². The number of nitrogens with two attached hydrogens (primary N) is 1. The summed E-state index contributed by atoms with van der Waals surface area (Å²) in [6.45, 7) is 5.10. The average molecular weight is 383 g/mol. The van der Waals surface area contributed by atoms with E-state index in [4.69, 9.17) is 10.5 Å². The Morgan fingerprint density at radius 3 is 2.72 bits per heavy atom. The highest BCUT2D eigenvalue weighted by atomic mass is 16.5. The third kappa shape index (κ3) is 2.37. The van der Waals surface area contributed by atoms with Gasteiger partial charge in [-0.15, -0.1) is 5.10 Å². The van der Waals surface area contributed by atoms with Crippen LogP contribution in [0.2, 0.25) is 0 Å². The standard InChI is InChI=1S/C23H21N5O/c1-3-17-21-20(16(12-24)22(25)29-23(21)27-26-17)13-9-10-19-15(11-13)14-7-5-6-8-18(14)28(19)4-2/h5-11,20H,3-4,25H2,1-2H3,(H,26,27). The van der Waals surface area contributed by atoms with Crippen LogP contribution in [0.25, 0.3) is 21.8 Å². The molecule has 0 saturated carbocycles. The number of aromatic nitrogens is 3. The zero-order valence-electron chi connectivity index (χ0n) is 16.4. The van der Waals surface area contributed by atoms with Gasteiger partial charge in [-0.05, 0) is 37.1 Å². The van der Waals surface area contributed by atoms with Crippen LogP contribution in [0.15, 0.2) is 53.9 Å². The SMILES string of the molecule is CCc1[nH]nc2c1C(c1ccc3c(c1)c1ccccc1n3CC)C(C#N)=C(N)O2. The molecule has 0 bridgehead atoms. The van der Waals surface area contributed by atoms with Crippen molar-refractivity contribution in [3.05, 3.63) is 70.7 Å². The van der Waals surface area contributed by atoms with Crippen LogP contribution in [-0.4, -0.2) is 14.8 Å². The van der Waals surface area contributed by atoms with E-state index in [1.807, 2.05) is 0 Å². The lowest BCUT2D eigenvalue weighted by molar-refractivity contribution is 0.378. The molecule has 1 atom stereocenters. The fourth-order valence-corrected chi connectivity index (χ4v) is 4.50. The number of H-pyrrole nitrogens is 1. The summed E-state index contributed by atoms with van der Waals surface area (Å²) in [5.41, 5.74) is 11.8. The molecule has 0 aliphatic carbocycles. The number of benzene rings is 2. The predicted molar refractivity (Wildman–Crippen MR) is 112 cm³/mol. The second-order valence-corrected chi connectivity index (χ2v) is 7.24. The third-order valence-electron chi connectivity index (χ3n) is 5.82. The van der Waals surface area contributed by atoms with Gasteiger partial charge in [-0.3, -0.25) is 5.10 Å². The molecule has 2 aromatic heterocycles. The smallest absolute Gasteiger partial charge is 0.244 e. The largest absolute Gasteiger partial charge is 0.420 e. The minimum atomic E-state index is -0.300. The lowest BCUT2D eigenvalue weighted by Gasteiger charge is -2.24. The van der Waals surface area contributed by atoms with Crippen LogP contribution in [0.3, 0.4) is 0 Å². The quantitative estimate of drug-likeness (QED) is 0.551. The van der Waals surface area contributed by atoms with Crippen LogP contribution in [0.5, 0.6) is 5.88 Å². The number of ether oxygens (including phenoxy) is 1. The number of allylic oxidation sites excluding steroid dienone is 1. The van der Waals surface area contributed by atoms with Crippen LogP contribution < -0.4 is 10.5 Å². The summed E-state index contributed by atoms with van der Waals surface area (Å²) in [5.74, 6) is 0.278. The first-order valence-corrected chi connectivity index (χ1v) is 9.83. The van der Waals surface area contributed by atoms with Crippen molar-refractivity contribution in [3.8, 4) is 11.9 Å². The molecule has 2 aromatic carbocycles. The van der Waals surface area contributed by atoms with E-state index in [1.54, 1.807) is 0 Å². The van der Waals surface area contributed by atoms with Gasteiger partial charge in [-0.2, -0.15) is 5.26 Å². The number of aryl methyl sites for hydroxylation is 2. The summed E-state index contributed by atoms with van der Waals surface area (Å²) in [7, 11) is 0. The van der Waals surface area contributed by atoms with E-state index in [1.165, 1.54) is 21.8 Å². The van der Waals surface area contributed by atoms with Gasteiger partial charge in [-0.25, -0.2) is 0 Å². The third-order valence-corrected chi connectivity index (χ3v) is 5.82. The van der Waals surface area contributed by atoms with E-state index in [9.17, 15) is 5.26 Å². The summed E-state index contributed by atoms with van der Waals surface area (Å²) in [6, 6.07) is 17.1. The molecule has 1 aliphatic rings. The maximum Gasteiger partial charge on any atom is 0.244 e. The molecule has 0 saturated heterocycles. The first-order chi connectivity index (χ1) is 14.2. The van der Waals surface area contributed by atoms with Crippen molar-refractivity contribution >= 4 is 21.8 Å². The fraction of sp³-hybridized carbons (Fsp3) is 0.217. The number of nitriles is 1. The Kier molecular flexibility index (Phi) is 3.85. The summed E-state index contributed by atoms with van der Waals surface area (Å²) < 4.78 is 7.95. The Bertz CT molecular complexity index is 1330. The number of fused-ring (bicyclic) bond motifs is 4. The van der Waals surface area contributed by atoms with Gasteiger partial charge in [0, 0.05) is 39.6 Å². The summed E-state index contributed by atoms with van der Waals surface area (Å²) in [4.78, 5) is 0. The Morgan fingerprint density at radius 2 is 1.97 bits per heavy atom. The van der Waals surface area contributed by atoms with Gasteiger partial charge in [-0.1, -0.05) is 31.2 Å². The van der Waals surface area contributed by atoms with E-state index in [0.717, 1.165) is 29.8 Å². The average Bonchev–Trinajstić information content (AvgIpc) is 3.30. The van der Waals surface area contributed by atoms with Crippen molar-refractivity contribution in [1.29, 1.82) is 5.26 Å². The lowest BCUT2D eigenvalue weighted by Crippen LogP contribution is -2.21. The van der Waals surface area contributed by atoms with Gasteiger partial charge in [0.25, 0.3) is 0 Å². The Labute approximate surface area is 168 Å². The first kappa shape index (κ1) is 17.4. The molecule has 4 aromatic rings. The number of nitrogens with one attached hydrogen (secondary N) is 1. The molecule has 0 spiro atoms. The monoisotopic (exact) mass is 383 g/mol. The second kappa shape index (κ2) is 6.42. The summed E-state index contributed by atoms with van der Waals surface area (Å²) in [5, 5.41) is 19.5. The van der Waals surface area contributed by atoms with Crippen molar-refractivity contribution < 1.29 is 4.74 Å². The molecule has 144 valence electrons. The maximum absolute atomic E-state index is 9.84. The summed E-state index contributed by atoms with van der Waals surface area (Å²) >= 11 is 0. The van der Waals surface area contributed by atoms with Gasteiger partial charge >= 0.3 is 0 Å². The van der Waals surface area contributed by atoms with Crippen molar-refractivity contribution in [3.63, 3.8) is 0 Å². The minimum Gasteiger partial charge on any atom is -0.420 e. The normalized spacial score (nSPS) is 16.1. The van der Waals surface area contributed by atoms with Crippen LogP contribution in [-0.2, 0) is 13.0 Å². The van der Waals surface area contributed by atoms with E-state index >= 15 is 0 Å². The molecule has 0 radical (unpaired) electrons. The Morgan fingerprint density at radius 1 is 1.17 bits per heavy atom. The van der Waals surface area contributed by atoms with Crippen molar-refractivity contribution in [2.45, 2.75) is 32.7 Å². The molecule has 1 unspecified atom stereocenters. The zero-order chi connectivity index (χ0) is 20.1. The van der Waals surface area contributed by atoms with Gasteiger partial charge in [0.05, 0.1) is 5.92 Å². The van der Waals surface area contributed by atoms with E-state index in [2.05, 4.69) is 77.1 Å². The fourth-order valence-electron chi connectivity index (χ4n) is 4.50. The highest BCUT2D eigenvalue weighted by Crippen LogP contribution is 2.44. The molecule has 6 nitrogen and oxygen atoms in total. The van der Waals surface area contributed by atoms with Gasteiger partial charge in [0.15, 0.2) is 0 Å². The lowest BCUT2D eigenvalue weighted by atomic mass is 9.83. The maximum atomic E-state index is 9.84. The zero-order valence-corrected chi connectivity index (χ0v) is 16.4. The molecule has 29 heavy (non-hydrogen) atoms. The molecule has 5 rings (SSSR count). The van der Waals surface area contributed by atoms with Crippen LogP contribution in [0, 0.1) is 11.3 Å². The topological polar surface area (TPSA) is 92.7 Å². The van der Waals surface area contributed by atoms with E-state index < -0.39 is 0 Å². The van der Waals surface area contributed by atoms with Gasteiger partial charge in [0.1, 0.15) is 11.6 Å². The first-order valence-electron chi connectivity index (χ1n) is 9.83. The highest BCUT2D eigenvalue weighted by molar-refractivity contribution is 6.08. The molecular formula is C23H21N5O. The molecule has 0 fully saturated rings. The van der Waals surface area contributed by atoms with Crippen molar-refractivity contribution in [2.75, 3.05) is 0 Å². The van der Waals surface area contributed by atoms with Crippen LogP contribution in [0.4, 0.5) is 0 Å². The number of hydrogen-bond acceptors (Lipinski definition) is 4. The summed E-state index contributed by atoms with van der Waals surface area (Å²) in [6.07, 6.45) is 0.762. The number of hydrogen-bond donors (Lipinski definition) is 2.